The highest BCUT2D eigenvalue weighted by molar-refractivity contribution is 6.31. The Kier molecular flexibility index (Phi) is 6.87. The smallest absolute Gasteiger partial charge is 0.262 e. The molecule has 0 spiro atoms. The number of hydrogen-bond acceptors (Lipinski definition) is 4. The predicted molar refractivity (Wildman–Crippen MR) is 117 cm³/mol. The Morgan fingerprint density at radius 1 is 1.03 bits per heavy atom. The first-order chi connectivity index (χ1) is 14.0. The van der Waals surface area contributed by atoms with Crippen molar-refractivity contribution in [2.24, 2.45) is 4.99 Å². The van der Waals surface area contributed by atoms with Crippen molar-refractivity contribution in [2.75, 3.05) is 19.0 Å². The fourth-order valence-electron chi connectivity index (χ4n) is 2.48. The summed E-state index contributed by atoms with van der Waals surface area (Å²) in [6.07, 6.45) is 1.76. The first-order valence-corrected chi connectivity index (χ1v) is 9.38. The second-order valence-electron chi connectivity index (χ2n) is 6.33. The molecule has 3 aromatic rings. The van der Waals surface area contributed by atoms with Crippen molar-refractivity contribution in [2.45, 2.75) is 6.92 Å². The molecule has 0 saturated carbocycles. The van der Waals surface area contributed by atoms with Gasteiger partial charge in [-0.1, -0.05) is 17.7 Å². The first-order valence-electron chi connectivity index (χ1n) is 9.00. The van der Waals surface area contributed by atoms with Gasteiger partial charge in [0, 0.05) is 16.9 Å². The molecule has 29 heavy (non-hydrogen) atoms. The fourth-order valence-corrected chi connectivity index (χ4v) is 2.66. The molecule has 1 N–H and O–H groups in total. The number of anilines is 1. The zero-order chi connectivity index (χ0) is 20.6. The number of carbonyl (C=O) groups excluding carboxylic acids is 1. The van der Waals surface area contributed by atoms with Gasteiger partial charge < -0.3 is 14.8 Å². The molecule has 0 atom stereocenters. The molecular weight excluding hydrogens is 388 g/mol. The molecule has 0 bridgehead atoms. The van der Waals surface area contributed by atoms with Crippen molar-refractivity contribution in [3.63, 3.8) is 0 Å². The van der Waals surface area contributed by atoms with E-state index in [9.17, 15) is 4.79 Å². The van der Waals surface area contributed by atoms with Gasteiger partial charge in [0.05, 0.1) is 12.8 Å². The van der Waals surface area contributed by atoms with Crippen LogP contribution in [0.2, 0.25) is 5.02 Å². The van der Waals surface area contributed by atoms with Crippen LogP contribution in [0.3, 0.4) is 0 Å². The van der Waals surface area contributed by atoms with Gasteiger partial charge in [0.25, 0.3) is 5.91 Å². The van der Waals surface area contributed by atoms with E-state index in [2.05, 4.69) is 10.3 Å². The van der Waals surface area contributed by atoms with E-state index in [1.54, 1.807) is 37.6 Å². The van der Waals surface area contributed by atoms with E-state index < -0.39 is 0 Å². The molecule has 3 rings (SSSR count). The zero-order valence-corrected chi connectivity index (χ0v) is 16.9. The molecule has 6 heteroatoms. The minimum atomic E-state index is -0.255. The normalized spacial score (nSPS) is 10.7. The van der Waals surface area contributed by atoms with Crippen LogP contribution in [0.25, 0.3) is 0 Å². The summed E-state index contributed by atoms with van der Waals surface area (Å²) in [4.78, 5) is 16.5. The Balaban J connectivity index is 1.51. The molecule has 1 amide bonds. The summed E-state index contributed by atoms with van der Waals surface area (Å²) in [6, 6.07) is 20.2. The summed E-state index contributed by atoms with van der Waals surface area (Å²) in [7, 11) is 1.63. The zero-order valence-electron chi connectivity index (χ0n) is 16.2. The summed E-state index contributed by atoms with van der Waals surface area (Å²) in [6.45, 7) is 1.81. The third-order valence-corrected chi connectivity index (χ3v) is 4.55. The number of rotatable bonds is 7. The molecule has 5 nitrogen and oxygen atoms in total. The minimum Gasteiger partial charge on any atom is -0.497 e. The summed E-state index contributed by atoms with van der Waals surface area (Å²) >= 11 is 6.06. The lowest BCUT2D eigenvalue weighted by Crippen LogP contribution is -2.20. The molecule has 0 heterocycles. The van der Waals surface area contributed by atoms with Crippen molar-refractivity contribution in [3.8, 4) is 11.5 Å². The number of halogens is 1. The Hall–Kier alpha value is -3.31. The van der Waals surface area contributed by atoms with Gasteiger partial charge in [0.2, 0.25) is 0 Å². The van der Waals surface area contributed by atoms with Crippen LogP contribution in [-0.4, -0.2) is 25.8 Å². The quantitative estimate of drug-likeness (QED) is 0.530. The van der Waals surface area contributed by atoms with Crippen molar-refractivity contribution in [1.82, 2.24) is 0 Å². The van der Waals surface area contributed by atoms with Gasteiger partial charge in [-0.05, 0) is 78.7 Å². The van der Waals surface area contributed by atoms with Crippen LogP contribution in [0, 0.1) is 6.92 Å². The van der Waals surface area contributed by atoms with Crippen LogP contribution in [0.1, 0.15) is 11.1 Å². The largest absolute Gasteiger partial charge is 0.497 e. The van der Waals surface area contributed by atoms with Crippen LogP contribution in [-0.2, 0) is 4.79 Å². The molecule has 0 fully saturated rings. The van der Waals surface area contributed by atoms with Gasteiger partial charge in [-0.15, -0.1) is 0 Å². The van der Waals surface area contributed by atoms with Crippen molar-refractivity contribution in [1.29, 1.82) is 0 Å². The summed E-state index contributed by atoms with van der Waals surface area (Å²) in [5.41, 5.74) is 3.35. The van der Waals surface area contributed by atoms with Crippen molar-refractivity contribution in [3.05, 3.63) is 82.9 Å². The van der Waals surface area contributed by atoms with Crippen LogP contribution >= 0.6 is 11.6 Å². The van der Waals surface area contributed by atoms with E-state index >= 15 is 0 Å². The lowest BCUT2D eigenvalue weighted by molar-refractivity contribution is -0.118. The molecule has 0 aliphatic heterocycles. The number of ether oxygens (including phenoxy) is 2. The van der Waals surface area contributed by atoms with E-state index in [0.717, 1.165) is 22.6 Å². The summed E-state index contributed by atoms with van der Waals surface area (Å²) in [5, 5.41) is 3.37. The fraction of sp³-hybridized carbons (Fsp3) is 0.130. The predicted octanol–water partition coefficient (Wildman–Crippen LogP) is 5.43. The van der Waals surface area contributed by atoms with E-state index in [1.165, 1.54) is 0 Å². The number of aliphatic imine (C=N–C) groups is 1. The number of aryl methyl sites for hydroxylation is 1. The van der Waals surface area contributed by atoms with Crippen LogP contribution in [0.15, 0.2) is 71.7 Å². The van der Waals surface area contributed by atoms with Gasteiger partial charge in [0.1, 0.15) is 11.5 Å². The Labute approximate surface area is 175 Å². The highest BCUT2D eigenvalue weighted by Gasteiger charge is 2.05. The SMILES string of the molecule is COc1ccc(N=Cc2ccc(OCC(=O)Nc3ccc(C)c(Cl)c3)cc2)cc1. The average Bonchev–Trinajstić information content (AvgIpc) is 2.74. The molecular formula is C23H21ClN2O3. The number of methoxy groups -OCH3 is 1. The highest BCUT2D eigenvalue weighted by Crippen LogP contribution is 2.20. The van der Waals surface area contributed by atoms with Gasteiger partial charge in [-0.2, -0.15) is 0 Å². The first kappa shape index (κ1) is 20.4. The summed E-state index contributed by atoms with van der Waals surface area (Å²) < 4.78 is 10.7. The van der Waals surface area contributed by atoms with Gasteiger partial charge in [-0.25, -0.2) is 0 Å². The number of nitrogens with one attached hydrogen (secondary N) is 1. The third kappa shape index (κ3) is 6.09. The van der Waals surface area contributed by atoms with Gasteiger partial charge in [0.15, 0.2) is 6.61 Å². The van der Waals surface area contributed by atoms with Gasteiger partial charge in [-0.3, -0.25) is 9.79 Å². The summed E-state index contributed by atoms with van der Waals surface area (Å²) in [5.74, 6) is 1.14. The Morgan fingerprint density at radius 3 is 2.38 bits per heavy atom. The topological polar surface area (TPSA) is 59.9 Å². The number of benzene rings is 3. The molecule has 0 unspecified atom stereocenters. The van der Waals surface area contributed by atoms with E-state index in [0.29, 0.717) is 16.5 Å². The van der Waals surface area contributed by atoms with Crippen LogP contribution in [0.4, 0.5) is 11.4 Å². The lowest BCUT2D eigenvalue weighted by Gasteiger charge is -2.08. The molecule has 0 aliphatic carbocycles. The second-order valence-corrected chi connectivity index (χ2v) is 6.73. The second kappa shape index (κ2) is 9.75. The third-order valence-electron chi connectivity index (χ3n) is 4.14. The Bertz CT molecular complexity index is 1000. The van der Waals surface area contributed by atoms with Crippen LogP contribution in [0.5, 0.6) is 11.5 Å². The minimum absolute atomic E-state index is 0.0925. The maximum Gasteiger partial charge on any atom is 0.262 e. The molecule has 0 saturated heterocycles. The molecule has 0 aliphatic rings. The molecule has 148 valence electrons. The van der Waals surface area contributed by atoms with Crippen molar-refractivity contribution < 1.29 is 14.3 Å². The molecule has 3 aromatic carbocycles. The number of nitrogens with zero attached hydrogens (tertiary/aromatic N) is 1. The van der Waals surface area contributed by atoms with Gasteiger partial charge >= 0.3 is 0 Å². The number of carbonyl (C=O) groups is 1. The number of hydrogen-bond donors (Lipinski definition) is 1. The molecule has 0 radical (unpaired) electrons. The lowest BCUT2D eigenvalue weighted by atomic mass is 10.2. The van der Waals surface area contributed by atoms with E-state index in [4.69, 9.17) is 21.1 Å². The maximum atomic E-state index is 12.0. The van der Waals surface area contributed by atoms with Crippen molar-refractivity contribution >= 4 is 35.1 Å². The van der Waals surface area contributed by atoms with Crippen LogP contribution < -0.4 is 14.8 Å². The average molecular weight is 409 g/mol. The highest BCUT2D eigenvalue weighted by atomic mass is 35.5. The van der Waals surface area contributed by atoms with E-state index in [1.807, 2.05) is 49.4 Å². The molecule has 0 aromatic heterocycles. The standard InChI is InChI=1S/C23H21ClN2O3/c1-16-3-6-19(13-22(16)24)26-23(27)15-29-21-9-4-17(5-10-21)14-25-18-7-11-20(28-2)12-8-18/h3-14H,15H2,1-2H3,(H,26,27). The monoisotopic (exact) mass is 408 g/mol. The number of amides is 1. The maximum absolute atomic E-state index is 12.0. The van der Waals surface area contributed by atoms with E-state index in [-0.39, 0.29) is 12.5 Å². The Morgan fingerprint density at radius 2 is 1.72 bits per heavy atom.